The SMILES string of the molecule is O=C(O)c1nc(C2CCSC2)n2cc(O)ccc12. The van der Waals surface area contributed by atoms with Crippen LogP contribution < -0.4 is 0 Å². The Morgan fingerprint density at radius 1 is 1.50 bits per heavy atom. The highest BCUT2D eigenvalue weighted by Crippen LogP contribution is 2.33. The molecule has 3 heterocycles. The van der Waals surface area contributed by atoms with Crippen LogP contribution in [0, 0.1) is 0 Å². The lowest BCUT2D eigenvalue weighted by atomic mass is 10.1. The van der Waals surface area contributed by atoms with Gasteiger partial charge in [-0.1, -0.05) is 0 Å². The zero-order chi connectivity index (χ0) is 12.7. The highest BCUT2D eigenvalue weighted by atomic mass is 32.2. The Hall–Kier alpha value is -1.69. The topological polar surface area (TPSA) is 74.8 Å². The molecule has 94 valence electrons. The number of hydrogen-bond acceptors (Lipinski definition) is 4. The summed E-state index contributed by atoms with van der Waals surface area (Å²) in [4.78, 5) is 15.4. The number of hydrogen-bond donors (Lipinski definition) is 2. The maximum Gasteiger partial charge on any atom is 0.356 e. The second-order valence-electron chi connectivity index (χ2n) is 4.33. The van der Waals surface area contributed by atoms with Gasteiger partial charge in [-0.25, -0.2) is 9.78 Å². The summed E-state index contributed by atoms with van der Waals surface area (Å²) in [7, 11) is 0. The van der Waals surface area contributed by atoms with E-state index >= 15 is 0 Å². The summed E-state index contributed by atoms with van der Waals surface area (Å²) >= 11 is 1.84. The number of thioether (sulfide) groups is 1. The highest BCUT2D eigenvalue weighted by molar-refractivity contribution is 7.99. The second kappa shape index (κ2) is 4.20. The van der Waals surface area contributed by atoms with Crippen LogP contribution in [-0.4, -0.2) is 37.1 Å². The minimum atomic E-state index is -1.03. The molecular formula is C12H12N2O3S. The maximum atomic E-state index is 11.2. The largest absolute Gasteiger partial charge is 0.506 e. The van der Waals surface area contributed by atoms with Crippen LogP contribution in [-0.2, 0) is 0 Å². The van der Waals surface area contributed by atoms with E-state index < -0.39 is 5.97 Å². The van der Waals surface area contributed by atoms with Crippen LogP contribution in [0.4, 0.5) is 0 Å². The molecule has 0 aliphatic carbocycles. The fraction of sp³-hybridized carbons (Fsp3) is 0.333. The molecule has 0 spiro atoms. The average molecular weight is 264 g/mol. The molecule has 1 unspecified atom stereocenters. The predicted molar refractivity (Wildman–Crippen MR) is 68.5 cm³/mol. The van der Waals surface area contributed by atoms with Crippen molar-refractivity contribution in [3.05, 3.63) is 29.8 Å². The van der Waals surface area contributed by atoms with E-state index in [2.05, 4.69) is 4.98 Å². The smallest absolute Gasteiger partial charge is 0.356 e. The van der Waals surface area contributed by atoms with Gasteiger partial charge in [0.05, 0.1) is 11.7 Å². The Labute approximate surface area is 107 Å². The molecule has 1 aliphatic rings. The molecule has 1 aliphatic heterocycles. The van der Waals surface area contributed by atoms with Gasteiger partial charge in [0.15, 0.2) is 5.69 Å². The third kappa shape index (κ3) is 1.73. The lowest BCUT2D eigenvalue weighted by Gasteiger charge is -2.07. The summed E-state index contributed by atoms with van der Waals surface area (Å²) in [5, 5.41) is 18.7. The van der Waals surface area contributed by atoms with Crippen LogP contribution in [0.1, 0.15) is 28.7 Å². The fourth-order valence-corrected chi connectivity index (χ4v) is 3.50. The number of aromatic nitrogens is 2. The van der Waals surface area contributed by atoms with Crippen molar-refractivity contribution in [2.75, 3.05) is 11.5 Å². The Morgan fingerprint density at radius 2 is 2.33 bits per heavy atom. The molecule has 0 saturated carbocycles. The van der Waals surface area contributed by atoms with E-state index in [1.54, 1.807) is 10.5 Å². The quantitative estimate of drug-likeness (QED) is 0.867. The van der Waals surface area contributed by atoms with E-state index in [4.69, 9.17) is 5.11 Å². The number of rotatable bonds is 2. The zero-order valence-electron chi connectivity index (χ0n) is 9.54. The molecule has 18 heavy (non-hydrogen) atoms. The van der Waals surface area contributed by atoms with Crippen LogP contribution in [0.25, 0.3) is 5.52 Å². The van der Waals surface area contributed by atoms with Crippen molar-refractivity contribution in [2.45, 2.75) is 12.3 Å². The minimum absolute atomic E-state index is 0.0573. The summed E-state index contributed by atoms with van der Waals surface area (Å²) in [6, 6.07) is 3.08. The number of imidazole rings is 1. The first-order valence-corrected chi connectivity index (χ1v) is 6.84. The van der Waals surface area contributed by atoms with Crippen molar-refractivity contribution < 1.29 is 15.0 Å². The fourth-order valence-electron chi connectivity index (χ4n) is 2.28. The summed E-state index contributed by atoms with van der Waals surface area (Å²) < 4.78 is 1.70. The first-order valence-electron chi connectivity index (χ1n) is 5.69. The normalized spacial score (nSPS) is 19.4. The van der Waals surface area contributed by atoms with E-state index in [9.17, 15) is 9.90 Å². The van der Waals surface area contributed by atoms with Gasteiger partial charge in [0.25, 0.3) is 0 Å². The van der Waals surface area contributed by atoms with Gasteiger partial charge in [0.1, 0.15) is 11.6 Å². The van der Waals surface area contributed by atoms with E-state index in [0.29, 0.717) is 5.52 Å². The lowest BCUT2D eigenvalue weighted by Crippen LogP contribution is -2.03. The van der Waals surface area contributed by atoms with Crippen LogP contribution in [0.15, 0.2) is 18.3 Å². The van der Waals surface area contributed by atoms with Crippen LogP contribution >= 0.6 is 11.8 Å². The number of pyridine rings is 1. The standard InChI is InChI=1S/C12H12N2O3S/c15-8-1-2-9-10(12(16)17)13-11(14(9)5-8)7-3-4-18-6-7/h1-2,5,7,15H,3-4,6H2,(H,16,17). The molecule has 3 rings (SSSR count). The van der Waals surface area contributed by atoms with Crippen molar-refractivity contribution >= 4 is 23.2 Å². The van der Waals surface area contributed by atoms with Crippen LogP contribution in [0.3, 0.4) is 0 Å². The number of carboxylic acids is 1. The van der Waals surface area contributed by atoms with Crippen LogP contribution in [0.5, 0.6) is 5.75 Å². The van der Waals surface area contributed by atoms with E-state index in [1.807, 2.05) is 11.8 Å². The first-order chi connectivity index (χ1) is 8.66. The first kappa shape index (κ1) is 11.4. The summed E-state index contributed by atoms with van der Waals surface area (Å²) in [6.07, 6.45) is 2.53. The highest BCUT2D eigenvalue weighted by Gasteiger charge is 2.25. The Kier molecular flexibility index (Phi) is 2.66. The maximum absolute atomic E-state index is 11.2. The molecule has 0 amide bonds. The lowest BCUT2D eigenvalue weighted by molar-refractivity contribution is 0.0693. The molecular weight excluding hydrogens is 252 g/mol. The molecule has 0 aromatic carbocycles. The Bertz CT molecular complexity index is 617. The van der Waals surface area contributed by atoms with Gasteiger partial charge in [-0.05, 0) is 24.3 Å². The number of carboxylic acid groups (broad SMARTS) is 1. The molecule has 5 nitrogen and oxygen atoms in total. The number of fused-ring (bicyclic) bond motifs is 1. The second-order valence-corrected chi connectivity index (χ2v) is 5.48. The third-order valence-corrected chi connectivity index (χ3v) is 4.31. The summed E-state index contributed by atoms with van der Waals surface area (Å²) in [5.41, 5.74) is 0.592. The molecule has 2 aromatic heterocycles. The van der Waals surface area contributed by atoms with Gasteiger partial charge in [-0.2, -0.15) is 11.8 Å². The van der Waals surface area contributed by atoms with Crippen molar-refractivity contribution in [2.24, 2.45) is 0 Å². The third-order valence-electron chi connectivity index (χ3n) is 3.15. The van der Waals surface area contributed by atoms with E-state index in [-0.39, 0.29) is 17.4 Å². The minimum Gasteiger partial charge on any atom is -0.506 e. The summed E-state index contributed by atoms with van der Waals surface area (Å²) in [5.74, 6) is 2.11. The van der Waals surface area contributed by atoms with Crippen molar-refractivity contribution in [3.8, 4) is 5.75 Å². The molecule has 1 atom stereocenters. The Morgan fingerprint density at radius 3 is 3.00 bits per heavy atom. The van der Waals surface area contributed by atoms with Crippen molar-refractivity contribution in [1.82, 2.24) is 9.38 Å². The van der Waals surface area contributed by atoms with Crippen molar-refractivity contribution in [1.29, 1.82) is 0 Å². The van der Waals surface area contributed by atoms with Crippen molar-refractivity contribution in [3.63, 3.8) is 0 Å². The van der Waals surface area contributed by atoms with Gasteiger partial charge in [-0.3, -0.25) is 4.40 Å². The molecule has 6 heteroatoms. The molecule has 1 fully saturated rings. The molecule has 2 aromatic rings. The van der Waals surface area contributed by atoms with Gasteiger partial charge in [0, 0.05) is 11.7 Å². The molecule has 0 bridgehead atoms. The predicted octanol–water partition coefficient (Wildman–Crippen LogP) is 1.96. The zero-order valence-corrected chi connectivity index (χ0v) is 10.4. The van der Waals surface area contributed by atoms with Gasteiger partial charge in [0.2, 0.25) is 0 Å². The number of aromatic hydroxyl groups is 1. The number of nitrogens with zero attached hydrogens (tertiary/aromatic N) is 2. The van der Waals surface area contributed by atoms with Gasteiger partial charge < -0.3 is 10.2 Å². The Balaban J connectivity index is 2.23. The molecule has 2 N–H and O–H groups in total. The average Bonchev–Trinajstić information content (AvgIpc) is 2.93. The number of aromatic carboxylic acids is 1. The number of carbonyl (C=O) groups is 1. The van der Waals surface area contributed by atoms with Gasteiger partial charge >= 0.3 is 5.97 Å². The summed E-state index contributed by atoms with van der Waals surface area (Å²) in [6.45, 7) is 0. The molecule has 0 radical (unpaired) electrons. The monoisotopic (exact) mass is 264 g/mol. The van der Waals surface area contributed by atoms with E-state index in [1.165, 1.54) is 12.3 Å². The van der Waals surface area contributed by atoms with E-state index in [0.717, 1.165) is 23.8 Å². The molecule has 1 saturated heterocycles. The van der Waals surface area contributed by atoms with Crippen LogP contribution in [0.2, 0.25) is 0 Å². The van der Waals surface area contributed by atoms with Gasteiger partial charge in [-0.15, -0.1) is 0 Å².